The van der Waals surface area contributed by atoms with Gasteiger partial charge in [-0.05, 0) is 42.5 Å². The first kappa shape index (κ1) is 12.1. The fraction of sp³-hybridized carbons (Fsp3) is 0.429. The van der Waals surface area contributed by atoms with E-state index in [0.717, 1.165) is 12.2 Å². The second kappa shape index (κ2) is 5.81. The first-order chi connectivity index (χ1) is 8.28. The smallest absolute Gasteiger partial charge is 0.124 e. The third-order valence-electron chi connectivity index (χ3n) is 2.59. The second-order valence-electron chi connectivity index (χ2n) is 4.27. The van der Waals surface area contributed by atoms with Gasteiger partial charge in [-0.25, -0.2) is 4.39 Å². The van der Waals surface area contributed by atoms with Crippen molar-refractivity contribution in [3.8, 4) is 11.8 Å². The van der Waals surface area contributed by atoms with Gasteiger partial charge in [0, 0.05) is 12.2 Å². The van der Waals surface area contributed by atoms with Gasteiger partial charge < -0.3 is 9.84 Å². The zero-order valence-electron chi connectivity index (χ0n) is 9.58. The highest BCUT2D eigenvalue weighted by Crippen LogP contribution is 2.29. The van der Waals surface area contributed by atoms with Gasteiger partial charge in [-0.2, -0.15) is 0 Å². The zero-order chi connectivity index (χ0) is 12.1. The summed E-state index contributed by atoms with van der Waals surface area (Å²) in [5.41, 5.74) is 1.36. The topological polar surface area (TPSA) is 29.5 Å². The summed E-state index contributed by atoms with van der Waals surface area (Å²) in [6.45, 7) is 0.959. The van der Waals surface area contributed by atoms with E-state index in [4.69, 9.17) is 9.84 Å². The number of hydrogen-bond donors (Lipinski definition) is 1. The van der Waals surface area contributed by atoms with Crippen molar-refractivity contribution < 1.29 is 14.2 Å². The van der Waals surface area contributed by atoms with Crippen LogP contribution in [0.25, 0.3) is 0 Å². The summed E-state index contributed by atoms with van der Waals surface area (Å²) in [6.07, 6.45) is 2.49. The van der Waals surface area contributed by atoms with Crippen molar-refractivity contribution in [2.24, 2.45) is 5.92 Å². The van der Waals surface area contributed by atoms with E-state index >= 15 is 0 Å². The summed E-state index contributed by atoms with van der Waals surface area (Å²) in [4.78, 5) is 0. The van der Waals surface area contributed by atoms with Gasteiger partial charge in [0.2, 0.25) is 0 Å². The lowest BCUT2D eigenvalue weighted by Crippen LogP contribution is -1.98. The van der Waals surface area contributed by atoms with Crippen molar-refractivity contribution in [2.75, 3.05) is 13.2 Å². The van der Waals surface area contributed by atoms with Crippen LogP contribution in [-0.4, -0.2) is 18.3 Å². The minimum Gasteiger partial charge on any atom is -0.384 e. The molecule has 90 valence electrons. The molecule has 1 fully saturated rings. The fourth-order valence-corrected chi connectivity index (χ4v) is 1.58. The van der Waals surface area contributed by atoms with Gasteiger partial charge in [0.15, 0.2) is 0 Å². The first-order valence-electron chi connectivity index (χ1n) is 5.75. The van der Waals surface area contributed by atoms with Crippen molar-refractivity contribution >= 4 is 0 Å². The highest BCUT2D eigenvalue weighted by atomic mass is 19.1. The van der Waals surface area contributed by atoms with Crippen LogP contribution in [0.15, 0.2) is 18.2 Å². The van der Waals surface area contributed by atoms with Gasteiger partial charge in [0.05, 0.1) is 6.61 Å². The Hall–Kier alpha value is -1.37. The molecule has 0 unspecified atom stereocenters. The molecule has 1 saturated carbocycles. The molecule has 0 aromatic heterocycles. The van der Waals surface area contributed by atoms with Crippen LogP contribution in [0.5, 0.6) is 0 Å². The van der Waals surface area contributed by atoms with Crippen LogP contribution in [0, 0.1) is 23.6 Å². The molecule has 1 aromatic carbocycles. The molecule has 0 amide bonds. The fourth-order valence-electron chi connectivity index (χ4n) is 1.58. The van der Waals surface area contributed by atoms with Gasteiger partial charge in [-0.1, -0.05) is 11.8 Å². The molecule has 2 nitrogen and oxygen atoms in total. The highest BCUT2D eigenvalue weighted by molar-refractivity contribution is 5.37. The minimum absolute atomic E-state index is 0.218. The van der Waals surface area contributed by atoms with E-state index in [1.165, 1.54) is 25.0 Å². The van der Waals surface area contributed by atoms with Crippen molar-refractivity contribution in [1.82, 2.24) is 0 Å². The van der Waals surface area contributed by atoms with Crippen LogP contribution in [0.3, 0.4) is 0 Å². The maximum absolute atomic E-state index is 13.3. The van der Waals surface area contributed by atoms with E-state index in [9.17, 15) is 4.39 Å². The minimum atomic E-state index is -0.320. The Kier molecular flexibility index (Phi) is 4.13. The lowest BCUT2D eigenvalue weighted by Gasteiger charge is -2.04. The Bertz CT molecular complexity index is 441. The molecule has 0 bridgehead atoms. The largest absolute Gasteiger partial charge is 0.384 e. The molecule has 0 heterocycles. The average Bonchev–Trinajstić information content (AvgIpc) is 3.10. The summed E-state index contributed by atoms with van der Waals surface area (Å²) in [5, 5.41) is 8.58. The molecular formula is C14H15FO2. The van der Waals surface area contributed by atoms with Crippen LogP contribution in [-0.2, 0) is 11.3 Å². The van der Waals surface area contributed by atoms with Crippen LogP contribution < -0.4 is 0 Å². The van der Waals surface area contributed by atoms with Crippen molar-refractivity contribution in [3.05, 3.63) is 35.1 Å². The highest BCUT2D eigenvalue weighted by Gasteiger charge is 2.21. The van der Waals surface area contributed by atoms with E-state index < -0.39 is 0 Å². The maximum Gasteiger partial charge on any atom is 0.124 e. The normalized spacial score (nSPS) is 14.2. The number of halogens is 1. The molecule has 0 aliphatic heterocycles. The van der Waals surface area contributed by atoms with Crippen LogP contribution >= 0.6 is 0 Å². The van der Waals surface area contributed by atoms with E-state index in [1.807, 2.05) is 0 Å². The summed E-state index contributed by atoms with van der Waals surface area (Å²) < 4.78 is 18.8. The van der Waals surface area contributed by atoms with E-state index in [0.29, 0.717) is 18.1 Å². The number of benzene rings is 1. The quantitative estimate of drug-likeness (QED) is 0.808. The Morgan fingerprint density at radius 3 is 2.88 bits per heavy atom. The molecule has 1 aromatic rings. The predicted molar refractivity (Wildman–Crippen MR) is 62.7 cm³/mol. The molecule has 17 heavy (non-hydrogen) atoms. The molecule has 0 radical (unpaired) electrons. The monoisotopic (exact) mass is 234 g/mol. The van der Waals surface area contributed by atoms with Gasteiger partial charge in [0.25, 0.3) is 0 Å². The lowest BCUT2D eigenvalue weighted by molar-refractivity contribution is 0.111. The first-order valence-corrected chi connectivity index (χ1v) is 5.75. The third-order valence-corrected chi connectivity index (χ3v) is 2.59. The maximum atomic E-state index is 13.3. The SMILES string of the molecule is OCC#Cc1cc(F)cc(COCC2CC2)c1. The van der Waals surface area contributed by atoms with Crippen molar-refractivity contribution in [2.45, 2.75) is 19.4 Å². The van der Waals surface area contributed by atoms with E-state index in [1.54, 1.807) is 6.07 Å². The van der Waals surface area contributed by atoms with E-state index in [2.05, 4.69) is 11.8 Å². The number of rotatable bonds is 4. The lowest BCUT2D eigenvalue weighted by atomic mass is 10.1. The molecule has 3 heteroatoms. The molecule has 0 saturated heterocycles. The van der Waals surface area contributed by atoms with Crippen LogP contribution in [0.2, 0.25) is 0 Å². The van der Waals surface area contributed by atoms with E-state index in [-0.39, 0.29) is 12.4 Å². The van der Waals surface area contributed by atoms with Crippen molar-refractivity contribution in [3.63, 3.8) is 0 Å². The predicted octanol–water partition coefficient (Wildman–Crippen LogP) is 2.10. The van der Waals surface area contributed by atoms with Gasteiger partial charge in [-0.3, -0.25) is 0 Å². The van der Waals surface area contributed by atoms with Gasteiger partial charge in [-0.15, -0.1) is 0 Å². The molecule has 1 aliphatic rings. The summed E-state index contributed by atoms with van der Waals surface area (Å²) in [6, 6.07) is 4.60. The molecule has 1 aliphatic carbocycles. The third kappa shape index (κ3) is 4.18. The molecule has 2 rings (SSSR count). The molecule has 0 spiro atoms. The van der Waals surface area contributed by atoms with Crippen molar-refractivity contribution in [1.29, 1.82) is 0 Å². The number of aliphatic hydroxyl groups excluding tert-OH is 1. The molecular weight excluding hydrogens is 219 g/mol. The Balaban J connectivity index is 1.96. The average molecular weight is 234 g/mol. The second-order valence-corrected chi connectivity index (χ2v) is 4.27. The standard InChI is InChI=1S/C14H15FO2/c15-14-7-12(2-1-5-16)6-13(8-14)10-17-9-11-3-4-11/h6-8,11,16H,3-5,9-10H2. The number of aliphatic hydroxyl groups is 1. The Morgan fingerprint density at radius 1 is 1.35 bits per heavy atom. The zero-order valence-corrected chi connectivity index (χ0v) is 9.58. The van der Waals surface area contributed by atoms with Gasteiger partial charge >= 0.3 is 0 Å². The molecule has 1 N–H and O–H groups in total. The Morgan fingerprint density at radius 2 is 2.18 bits per heavy atom. The summed E-state index contributed by atoms with van der Waals surface area (Å²) >= 11 is 0. The summed E-state index contributed by atoms with van der Waals surface area (Å²) in [5.74, 6) is 5.58. The Labute approximate surface area is 100 Å². The van der Waals surface area contributed by atoms with Crippen LogP contribution in [0.4, 0.5) is 4.39 Å². The van der Waals surface area contributed by atoms with Crippen LogP contribution in [0.1, 0.15) is 24.0 Å². The summed E-state index contributed by atoms with van der Waals surface area (Å²) in [7, 11) is 0. The number of ether oxygens (including phenoxy) is 1. The number of hydrogen-bond acceptors (Lipinski definition) is 2. The van der Waals surface area contributed by atoms with Gasteiger partial charge in [0.1, 0.15) is 12.4 Å². The molecule has 0 atom stereocenters.